The van der Waals surface area contributed by atoms with E-state index in [9.17, 15) is 23.9 Å². The summed E-state index contributed by atoms with van der Waals surface area (Å²) < 4.78 is 19.9. The number of rotatable bonds is 16. The molecule has 0 aromatic carbocycles. The van der Waals surface area contributed by atoms with E-state index in [-0.39, 0.29) is 11.6 Å². The number of aliphatic carboxylic acids is 1. The number of aromatic nitrogens is 2. The average Bonchev–Trinajstić information content (AvgIpc) is 3.77. The number of unbranched alkanes of at least 4 members (excludes halogenated alkanes) is 1. The minimum atomic E-state index is -1.18. The standard InChI is InChI=1S/C29H39ClFN5O5/c1-41-22(18-31)19-35(16-3-2-7-21-11-10-20-6-5-15-32-26(20)33-21)17-12-23(27(38)39)34-28(40)29(13-14-29)36-24(30)8-4-9-25(36)37/h4,8-11,22-23H,2-3,5-7,12-19H2,1H3,(H,32,33)(H,34,40)(H,38,39)/t22-,23+/m1/s1. The second-order valence-corrected chi connectivity index (χ2v) is 11.2. The van der Waals surface area contributed by atoms with Gasteiger partial charge in [0.05, 0.1) is 6.10 Å². The number of carbonyl (C=O) groups is 2. The van der Waals surface area contributed by atoms with Crippen LogP contribution < -0.4 is 16.2 Å². The Morgan fingerprint density at radius 1 is 1.27 bits per heavy atom. The summed E-state index contributed by atoms with van der Waals surface area (Å²) in [6.45, 7) is 1.50. The topological polar surface area (TPSA) is 126 Å². The van der Waals surface area contributed by atoms with Crippen LogP contribution in [-0.4, -0.2) is 83.5 Å². The van der Waals surface area contributed by atoms with E-state index in [1.165, 1.54) is 35.4 Å². The molecule has 2 atom stereocenters. The third-order valence-electron chi connectivity index (χ3n) is 7.89. The van der Waals surface area contributed by atoms with Gasteiger partial charge in [-0.15, -0.1) is 0 Å². The van der Waals surface area contributed by atoms with Crippen molar-refractivity contribution in [1.29, 1.82) is 0 Å². The number of nitrogens with zero attached hydrogens (tertiary/aromatic N) is 3. The first kappa shape index (κ1) is 30.9. The zero-order valence-corrected chi connectivity index (χ0v) is 24.2. The van der Waals surface area contributed by atoms with Crippen molar-refractivity contribution < 1.29 is 23.8 Å². The molecule has 2 aliphatic rings. The number of carboxylic acid groups (broad SMARTS) is 1. The van der Waals surface area contributed by atoms with E-state index in [2.05, 4.69) is 22.8 Å². The highest BCUT2D eigenvalue weighted by Gasteiger charge is 2.53. The first-order valence-electron chi connectivity index (χ1n) is 14.2. The molecule has 1 aliphatic carbocycles. The van der Waals surface area contributed by atoms with E-state index in [0.717, 1.165) is 50.2 Å². The first-order chi connectivity index (χ1) is 19.8. The van der Waals surface area contributed by atoms with E-state index in [1.54, 1.807) is 0 Å². The van der Waals surface area contributed by atoms with Gasteiger partial charge in [-0.05, 0) is 75.6 Å². The van der Waals surface area contributed by atoms with Gasteiger partial charge in [0, 0.05) is 38.5 Å². The molecular weight excluding hydrogens is 553 g/mol. The number of nitrogens with one attached hydrogen (secondary N) is 2. The maximum absolute atomic E-state index is 13.5. The first-order valence-corrected chi connectivity index (χ1v) is 14.6. The number of alkyl halides is 1. The van der Waals surface area contributed by atoms with Gasteiger partial charge >= 0.3 is 5.97 Å². The average molecular weight is 592 g/mol. The van der Waals surface area contributed by atoms with Crippen LogP contribution >= 0.6 is 11.6 Å². The summed E-state index contributed by atoms with van der Waals surface area (Å²) in [6.07, 6.45) is 4.87. The molecular formula is C29H39ClFN5O5. The van der Waals surface area contributed by atoms with Crippen molar-refractivity contribution in [2.45, 2.75) is 69.1 Å². The molecule has 4 rings (SSSR count). The molecule has 41 heavy (non-hydrogen) atoms. The number of ether oxygens (including phenoxy) is 1. The number of hydrogen-bond donors (Lipinski definition) is 3. The van der Waals surface area contributed by atoms with Crippen molar-refractivity contribution in [1.82, 2.24) is 19.8 Å². The van der Waals surface area contributed by atoms with Gasteiger partial charge in [0.1, 0.15) is 29.2 Å². The number of carboxylic acids is 1. The SMILES string of the molecule is CO[C@H](CF)CN(CCCCc1ccc2c(n1)NCCC2)CC[C@H](NC(=O)C1(n2c(Cl)cccc2=O)CC1)C(=O)O. The molecule has 2 aromatic rings. The zero-order chi connectivity index (χ0) is 29.4. The summed E-state index contributed by atoms with van der Waals surface area (Å²) in [7, 11) is 1.45. The molecule has 3 heterocycles. The fourth-order valence-corrected chi connectivity index (χ4v) is 5.65. The lowest BCUT2D eigenvalue weighted by Gasteiger charge is -2.28. The number of anilines is 1. The molecule has 1 fully saturated rings. The quantitative estimate of drug-likeness (QED) is 0.201. The van der Waals surface area contributed by atoms with Crippen molar-refractivity contribution in [2.24, 2.45) is 0 Å². The van der Waals surface area contributed by atoms with E-state index >= 15 is 0 Å². The molecule has 1 aliphatic heterocycles. The van der Waals surface area contributed by atoms with E-state index in [4.69, 9.17) is 21.3 Å². The minimum absolute atomic E-state index is 0.106. The van der Waals surface area contributed by atoms with Gasteiger partial charge in [-0.3, -0.25) is 14.2 Å². The number of fused-ring (bicyclic) bond motifs is 1. The van der Waals surface area contributed by atoms with Gasteiger partial charge in [0.2, 0.25) is 5.91 Å². The number of carbonyl (C=O) groups excluding carboxylic acids is 1. The Balaban J connectivity index is 1.34. The lowest BCUT2D eigenvalue weighted by molar-refractivity contribution is -0.143. The number of halogens is 2. The fraction of sp³-hybridized carbons (Fsp3) is 0.586. The molecule has 12 heteroatoms. The van der Waals surface area contributed by atoms with Crippen molar-refractivity contribution in [3.8, 4) is 0 Å². The Bertz CT molecular complexity index is 1270. The Kier molecular flexibility index (Phi) is 10.7. The number of pyridine rings is 2. The minimum Gasteiger partial charge on any atom is -0.480 e. The van der Waals surface area contributed by atoms with Crippen LogP contribution in [0.2, 0.25) is 5.15 Å². The van der Waals surface area contributed by atoms with Gasteiger partial charge in [-0.25, -0.2) is 14.2 Å². The summed E-state index contributed by atoms with van der Waals surface area (Å²) in [5.41, 5.74) is 0.665. The normalized spacial score (nSPS) is 16.9. The number of amides is 1. The molecule has 0 radical (unpaired) electrons. The Hall–Kier alpha value is -3.02. The van der Waals surface area contributed by atoms with Gasteiger partial charge in [-0.2, -0.15) is 0 Å². The summed E-state index contributed by atoms with van der Waals surface area (Å²) in [5, 5.41) is 16.0. The van der Waals surface area contributed by atoms with Crippen molar-refractivity contribution in [3.05, 3.63) is 57.1 Å². The van der Waals surface area contributed by atoms with Gasteiger partial charge in [0.25, 0.3) is 5.56 Å². The monoisotopic (exact) mass is 591 g/mol. The van der Waals surface area contributed by atoms with Crippen LogP contribution in [0.1, 0.15) is 49.8 Å². The maximum Gasteiger partial charge on any atom is 0.326 e. The highest BCUT2D eigenvalue weighted by atomic mass is 35.5. The molecule has 224 valence electrons. The molecule has 1 saturated carbocycles. The predicted octanol–water partition coefficient (Wildman–Crippen LogP) is 3.01. The molecule has 0 spiro atoms. The smallest absolute Gasteiger partial charge is 0.326 e. The maximum atomic E-state index is 13.5. The van der Waals surface area contributed by atoms with Crippen LogP contribution in [0.3, 0.4) is 0 Å². The largest absolute Gasteiger partial charge is 0.480 e. The Labute approximate surface area is 244 Å². The lowest BCUT2D eigenvalue weighted by atomic mass is 10.1. The van der Waals surface area contributed by atoms with E-state index in [0.29, 0.717) is 32.5 Å². The number of aryl methyl sites for hydroxylation is 2. The third-order valence-corrected chi connectivity index (χ3v) is 8.19. The molecule has 0 saturated heterocycles. The van der Waals surface area contributed by atoms with Crippen molar-refractivity contribution >= 4 is 29.3 Å². The molecule has 1 amide bonds. The Morgan fingerprint density at radius 3 is 2.76 bits per heavy atom. The van der Waals surface area contributed by atoms with E-state index < -0.39 is 41.8 Å². The van der Waals surface area contributed by atoms with Crippen LogP contribution in [0.5, 0.6) is 0 Å². The van der Waals surface area contributed by atoms with Gasteiger partial charge in [-0.1, -0.05) is 23.7 Å². The van der Waals surface area contributed by atoms with Crippen molar-refractivity contribution in [2.75, 3.05) is 45.3 Å². The number of hydrogen-bond acceptors (Lipinski definition) is 7. The van der Waals surface area contributed by atoms with Crippen LogP contribution in [0.4, 0.5) is 10.2 Å². The highest BCUT2D eigenvalue weighted by Crippen LogP contribution is 2.44. The molecule has 0 unspecified atom stereocenters. The zero-order valence-electron chi connectivity index (χ0n) is 23.4. The molecule has 3 N–H and O–H groups in total. The summed E-state index contributed by atoms with van der Waals surface area (Å²) in [5.74, 6) is -0.755. The third kappa shape index (κ3) is 7.84. The lowest BCUT2D eigenvalue weighted by Crippen LogP contribution is -2.50. The van der Waals surface area contributed by atoms with Gasteiger partial charge < -0.3 is 25.4 Å². The van der Waals surface area contributed by atoms with Crippen LogP contribution in [-0.2, 0) is 32.7 Å². The fourth-order valence-electron chi connectivity index (χ4n) is 5.33. The second kappa shape index (κ2) is 14.2. The summed E-state index contributed by atoms with van der Waals surface area (Å²) in [6, 6.07) is 7.38. The van der Waals surface area contributed by atoms with Gasteiger partial charge in [0.15, 0.2) is 0 Å². The number of methoxy groups -OCH3 is 1. The van der Waals surface area contributed by atoms with Crippen molar-refractivity contribution in [3.63, 3.8) is 0 Å². The summed E-state index contributed by atoms with van der Waals surface area (Å²) >= 11 is 6.22. The molecule has 0 bridgehead atoms. The van der Waals surface area contributed by atoms with Crippen LogP contribution in [0.15, 0.2) is 35.1 Å². The highest BCUT2D eigenvalue weighted by molar-refractivity contribution is 6.29. The summed E-state index contributed by atoms with van der Waals surface area (Å²) in [4.78, 5) is 44.5. The Morgan fingerprint density at radius 2 is 2.07 bits per heavy atom. The molecule has 2 aromatic heterocycles. The van der Waals surface area contributed by atoms with Crippen LogP contribution in [0, 0.1) is 0 Å². The second-order valence-electron chi connectivity index (χ2n) is 10.8. The molecule has 10 nitrogen and oxygen atoms in total. The van der Waals surface area contributed by atoms with Crippen LogP contribution in [0.25, 0.3) is 0 Å². The predicted molar refractivity (Wildman–Crippen MR) is 154 cm³/mol. The van der Waals surface area contributed by atoms with E-state index in [1.807, 2.05) is 4.90 Å².